The van der Waals surface area contributed by atoms with Gasteiger partial charge in [0.25, 0.3) is 5.69 Å². The molecule has 0 unspecified atom stereocenters. The van der Waals surface area contributed by atoms with E-state index in [0.29, 0.717) is 4.47 Å². The predicted molar refractivity (Wildman–Crippen MR) is 84.9 cm³/mol. The number of benzene rings is 1. The predicted octanol–water partition coefficient (Wildman–Crippen LogP) is 3.13. The van der Waals surface area contributed by atoms with Crippen LogP contribution < -0.4 is 0 Å². The molecule has 0 heterocycles. The Morgan fingerprint density at radius 2 is 2.00 bits per heavy atom. The zero-order valence-corrected chi connectivity index (χ0v) is 13.9. The lowest BCUT2D eigenvalue weighted by atomic mass is 10.2. The molecule has 1 aromatic carbocycles. The third-order valence-corrected chi connectivity index (χ3v) is 4.09. The lowest BCUT2D eigenvalue weighted by Gasteiger charge is -2.22. The van der Waals surface area contributed by atoms with E-state index < -0.39 is 0 Å². The quantitative estimate of drug-likeness (QED) is 0.537. The summed E-state index contributed by atoms with van der Waals surface area (Å²) >= 11 is 3.35. The fraction of sp³-hybridized carbons (Fsp3) is 0.571. The minimum atomic E-state index is -0.351. The van der Waals surface area contributed by atoms with E-state index in [4.69, 9.17) is 0 Å². The fourth-order valence-corrected chi connectivity index (χ4v) is 2.56. The highest BCUT2D eigenvalue weighted by molar-refractivity contribution is 9.10. The van der Waals surface area contributed by atoms with Crippen LogP contribution >= 0.6 is 15.9 Å². The minimum absolute atomic E-state index is 0.131. The van der Waals surface area contributed by atoms with E-state index in [1.807, 2.05) is 6.07 Å². The van der Waals surface area contributed by atoms with Crippen LogP contribution in [0.4, 0.5) is 5.69 Å². The minimum Gasteiger partial charge on any atom is -0.309 e. The molecule has 0 aliphatic heterocycles. The Labute approximate surface area is 128 Å². The van der Waals surface area contributed by atoms with Crippen molar-refractivity contribution in [2.24, 2.45) is 0 Å². The van der Waals surface area contributed by atoms with E-state index in [1.165, 1.54) is 6.07 Å². The highest BCUT2D eigenvalue weighted by Gasteiger charge is 2.16. The van der Waals surface area contributed by atoms with Crippen LogP contribution in [0.2, 0.25) is 0 Å². The molecule has 1 rings (SSSR count). The second-order valence-corrected chi connectivity index (χ2v) is 5.83. The van der Waals surface area contributed by atoms with Crippen LogP contribution in [0.25, 0.3) is 0 Å². The van der Waals surface area contributed by atoms with Crippen LogP contribution in [0.1, 0.15) is 18.9 Å². The molecule has 5 nitrogen and oxygen atoms in total. The molecule has 0 saturated carbocycles. The van der Waals surface area contributed by atoms with Gasteiger partial charge in [-0.1, -0.05) is 19.1 Å². The monoisotopic (exact) mass is 343 g/mol. The first-order chi connectivity index (χ1) is 9.45. The van der Waals surface area contributed by atoms with Crippen LogP contribution in [0.5, 0.6) is 0 Å². The Balaban J connectivity index is 2.70. The van der Waals surface area contributed by atoms with Crippen molar-refractivity contribution in [3.63, 3.8) is 0 Å². The van der Waals surface area contributed by atoms with Gasteiger partial charge in [-0.15, -0.1) is 0 Å². The summed E-state index contributed by atoms with van der Waals surface area (Å²) in [6.45, 7) is 5.81. The molecular weight excluding hydrogens is 322 g/mol. The summed E-state index contributed by atoms with van der Waals surface area (Å²) in [5.74, 6) is 0. The molecule has 0 bridgehead atoms. The van der Waals surface area contributed by atoms with E-state index in [2.05, 4.69) is 46.7 Å². The molecule has 0 radical (unpaired) electrons. The molecule has 6 heteroatoms. The zero-order valence-electron chi connectivity index (χ0n) is 12.3. The van der Waals surface area contributed by atoms with Crippen molar-refractivity contribution in [1.29, 1.82) is 0 Å². The van der Waals surface area contributed by atoms with Gasteiger partial charge in [0.1, 0.15) is 0 Å². The zero-order chi connectivity index (χ0) is 15.1. The van der Waals surface area contributed by atoms with Gasteiger partial charge in [0, 0.05) is 12.6 Å². The first-order valence-corrected chi connectivity index (χ1v) is 7.53. The molecule has 0 amide bonds. The van der Waals surface area contributed by atoms with Gasteiger partial charge in [-0.05, 0) is 61.6 Å². The van der Waals surface area contributed by atoms with Crippen LogP contribution in [-0.2, 0) is 6.54 Å². The Morgan fingerprint density at radius 1 is 1.30 bits per heavy atom. The van der Waals surface area contributed by atoms with E-state index in [1.54, 1.807) is 6.07 Å². The Hall–Kier alpha value is -0.980. The van der Waals surface area contributed by atoms with Crippen LogP contribution in [0, 0.1) is 10.1 Å². The van der Waals surface area contributed by atoms with Crippen LogP contribution in [-0.4, -0.2) is 48.5 Å². The number of halogens is 1. The molecule has 0 atom stereocenters. The van der Waals surface area contributed by atoms with Crippen molar-refractivity contribution in [3.8, 4) is 0 Å². The average molecular weight is 344 g/mol. The number of hydrogen-bond acceptors (Lipinski definition) is 4. The molecule has 0 spiro atoms. The Bertz CT molecular complexity index is 452. The van der Waals surface area contributed by atoms with E-state index in [-0.39, 0.29) is 10.6 Å². The van der Waals surface area contributed by atoms with Crippen molar-refractivity contribution in [2.45, 2.75) is 19.9 Å². The SMILES string of the molecule is CCN(CCCN(C)C)Cc1cccc([N+](=O)[O-])c1Br. The standard InChI is InChI=1S/C14H22BrN3O2/c1-4-17(10-6-9-16(2)3)11-12-7-5-8-13(14(12)15)18(19)20/h5,7-8H,4,6,9-11H2,1-3H3. The summed E-state index contributed by atoms with van der Waals surface area (Å²) in [6.07, 6.45) is 1.09. The molecule has 112 valence electrons. The molecule has 1 aromatic rings. The molecule has 0 aliphatic carbocycles. The normalized spacial score (nSPS) is 11.3. The first-order valence-electron chi connectivity index (χ1n) is 6.74. The molecule has 20 heavy (non-hydrogen) atoms. The maximum Gasteiger partial charge on any atom is 0.283 e. The van der Waals surface area contributed by atoms with Gasteiger partial charge >= 0.3 is 0 Å². The van der Waals surface area contributed by atoms with E-state index >= 15 is 0 Å². The Kier molecular flexibility index (Phi) is 7.12. The summed E-state index contributed by atoms with van der Waals surface area (Å²) in [7, 11) is 4.13. The molecule has 0 saturated heterocycles. The van der Waals surface area contributed by atoms with Crippen molar-refractivity contribution >= 4 is 21.6 Å². The van der Waals surface area contributed by atoms with Crippen molar-refractivity contribution in [2.75, 3.05) is 33.7 Å². The molecule has 0 fully saturated rings. The summed E-state index contributed by atoms with van der Waals surface area (Å²) in [5, 5.41) is 10.9. The second kappa shape index (κ2) is 8.34. The van der Waals surface area contributed by atoms with Crippen molar-refractivity contribution in [1.82, 2.24) is 9.80 Å². The lowest BCUT2D eigenvalue weighted by Crippen LogP contribution is -2.27. The fourth-order valence-electron chi connectivity index (χ4n) is 2.03. The Morgan fingerprint density at radius 3 is 2.55 bits per heavy atom. The molecular formula is C14H22BrN3O2. The summed E-state index contributed by atoms with van der Waals surface area (Å²) in [6, 6.07) is 5.20. The largest absolute Gasteiger partial charge is 0.309 e. The van der Waals surface area contributed by atoms with Crippen LogP contribution in [0.15, 0.2) is 22.7 Å². The van der Waals surface area contributed by atoms with Gasteiger partial charge in [0.15, 0.2) is 0 Å². The van der Waals surface area contributed by atoms with E-state index in [9.17, 15) is 10.1 Å². The third-order valence-electron chi connectivity index (χ3n) is 3.18. The number of nitro benzene ring substituents is 1. The average Bonchev–Trinajstić information content (AvgIpc) is 2.38. The van der Waals surface area contributed by atoms with Gasteiger partial charge in [-0.2, -0.15) is 0 Å². The lowest BCUT2D eigenvalue weighted by molar-refractivity contribution is -0.385. The highest BCUT2D eigenvalue weighted by Crippen LogP contribution is 2.29. The van der Waals surface area contributed by atoms with Crippen molar-refractivity contribution < 1.29 is 4.92 Å². The third kappa shape index (κ3) is 5.19. The first kappa shape index (κ1) is 17.1. The van der Waals surface area contributed by atoms with Crippen molar-refractivity contribution in [3.05, 3.63) is 38.3 Å². The second-order valence-electron chi connectivity index (χ2n) is 5.03. The number of nitrogens with zero attached hydrogens (tertiary/aromatic N) is 3. The smallest absolute Gasteiger partial charge is 0.283 e. The topological polar surface area (TPSA) is 49.6 Å². The summed E-state index contributed by atoms with van der Waals surface area (Å²) in [5.41, 5.74) is 1.10. The molecule has 0 N–H and O–H groups in total. The number of nitro groups is 1. The van der Waals surface area contributed by atoms with Crippen LogP contribution in [0.3, 0.4) is 0 Å². The molecule has 0 aromatic heterocycles. The van der Waals surface area contributed by atoms with Gasteiger partial charge in [-0.3, -0.25) is 15.0 Å². The summed E-state index contributed by atoms with van der Waals surface area (Å²) < 4.78 is 0.594. The van der Waals surface area contributed by atoms with Gasteiger partial charge < -0.3 is 4.90 Å². The number of hydrogen-bond donors (Lipinski definition) is 0. The molecule has 0 aliphatic rings. The summed E-state index contributed by atoms with van der Waals surface area (Å²) in [4.78, 5) is 15.0. The van der Waals surface area contributed by atoms with Gasteiger partial charge in [0.05, 0.1) is 9.40 Å². The maximum atomic E-state index is 10.9. The van der Waals surface area contributed by atoms with Gasteiger partial charge in [-0.25, -0.2) is 0 Å². The number of rotatable bonds is 8. The van der Waals surface area contributed by atoms with E-state index in [0.717, 1.165) is 38.2 Å². The maximum absolute atomic E-state index is 10.9. The van der Waals surface area contributed by atoms with Gasteiger partial charge in [0.2, 0.25) is 0 Å². The highest BCUT2D eigenvalue weighted by atomic mass is 79.9.